The first-order valence-corrected chi connectivity index (χ1v) is 19.2. The number of H-pyrrole nitrogens is 1. The minimum atomic E-state index is -1.04. The Morgan fingerprint density at radius 1 is 0.860 bits per heavy atom. The van der Waals surface area contributed by atoms with Gasteiger partial charge >= 0.3 is 11.9 Å². The number of amides is 4. The molecule has 0 spiro atoms. The number of hydrogen-bond acceptors (Lipinski definition) is 11. The minimum Gasteiger partial charge on any atom is -0.467 e. The summed E-state index contributed by atoms with van der Waals surface area (Å²) in [5.74, 6) is -3.24. The maximum Gasteiger partial charge on any atom is 0.340 e. The second kappa shape index (κ2) is 22.1. The predicted molar refractivity (Wildman–Crippen MR) is 214 cm³/mol. The van der Waals surface area contributed by atoms with Gasteiger partial charge in [-0.1, -0.05) is 56.7 Å². The molecule has 16 heteroatoms. The molecule has 57 heavy (non-hydrogen) atoms. The largest absolute Gasteiger partial charge is 0.467 e. The van der Waals surface area contributed by atoms with Crippen molar-refractivity contribution in [2.45, 2.75) is 109 Å². The van der Waals surface area contributed by atoms with Gasteiger partial charge in [-0.15, -0.1) is 0 Å². The van der Waals surface area contributed by atoms with Crippen LogP contribution in [0.1, 0.15) is 87.5 Å². The highest BCUT2D eigenvalue weighted by molar-refractivity contribution is 5.95. The molecule has 1 heterocycles. The van der Waals surface area contributed by atoms with E-state index in [0.717, 1.165) is 5.56 Å². The summed E-state index contributed by atoms with van der Waals surface area (Å²) in [6.07, 6.45) is 5.01. The van der Waals surface area contributed by atoms with Crippen LogP contribution in [0.4, 0.5) is 5.69 Å². The molecule has 0 saturated heterocycles. The smallest absolute Gasteiger partial charge is 0.340 e. The third-order valence-electron chi connectivity index (χ3n) is 9.15. The summed E-state index contributed by atoms with van der Waals surface area (Å²) in [6.45, 7) is 9.22. The first-order valence-electron chi connectivity index (χ1n) is 19.2. The van der Waals surface area contributed by atoms with E-state index in [9.17, 15) is 28.8 Å². The number of ether oxygens (including phenoxy) is 2. The lowest BCUT2D eigenvalue weighted by Crippen LogP contribution is -2.54. The fourth-order valence-electron chi connectivity index (χ4n) is 5.84. The van der Waals surface area contributed by atoms with Crippen LogP contribution in [0.3, 0.4) is 0 Å². The molecular formula is C41H58N8O8. The summed E-state index contributed by atoms with van der Waals surface area (Å²) in [5.41, 5.74) is 14.1. The van der Waals surface area contributed by atoms with E-state index in [0.29, 0.717) is 30.5 Å². The Bertz CT molecular complexity index is 1800. The lowest BCUT2D eigenvalue weighted by atomic mass is 9.97. The van der Waals surface area contributed by atoms with E-state index in [1.165, 1.54) is 19.5 Å². The molecule has 16 nitrogen and oxygen atoms in total. The summed E-state index contributed by atoms with van der Waals surface area (Å²) in [7, 11) is 1.25. The fraction of sp³-hybridized carbons (Fsp3) is 0.488. The van der Waals surface area contributed by atoms with Crippen LogP contribution in [0.2, 0.25) is 0 Å². The molecule has 0 aliphatic rings. The number of nitrogens with zero attached hydrogens (tertiary/aromatic N) is 1. The van der Waals surface area contributed by atoms with Crippen LogP contribution in [-0.2, 0) is 52.7 Å². The van der Waals surface area contributed by atoms with Crippen molar-refractivity contribution >= 4 is 41.3 Å². The van der Waals surface area contributed by atoms with Gasteiger partial charge < -0.3 is 47.2 Å². The van der Waals surface area contributed by atoms with Crippen LogP contribution in [0.25, 0.3) is 0 Å². The molecule has 0 fully saturated rings. The first-order chi connectivity index (χ1) is 27.0. The van der Waals surface area contributed by atoms with Crippen molar-refractivity contribution in [2.75, 3.05) is 19.4 Å². The zero-order valence-corrected chi connectivity index (χ0v) is 33.7. The van der Waals surface area contributed by atoms with Crippen molar-refractivity contribution in [3.8, 4) is 0 Å². The van der Waals surface area contributed by atoms with Gasteiger partial charge in [0.25, 0.3) is 0 Å². The van der Waals surface area contributed by atoms with Gasteiger partial charge in [-0.3, -0.25) is 19.2 Å². The Morgan fingerprint density at radius 2 is 1.56 bits per heavy atom. The molecule has 9 N–H and O–H groups in total. The number of unbranched alkanes of at least 4 members (excludes halogenated alkanes) is 1. The highest BCUT2D eigenvalue weighted by Gasteiger charge is 2.31. The Labute approximate surface area is 334 Å². The van der Waals surface area contributed by atoms with Gasteiger partial charge in [0.15, 0.2) is 0 Å². The topological polar surface area (TPSA) is 250 Å². The Morgan fingerprint density at radius 3 is 2.18 bits per heavy atom. The average molecular weight is 791 g/mol. The van der Waals surface area contributed by atoms with Gasteiger partial charge in [0.1, 0.15) is 23.7 Å². The number of carbonyl (C=O) groups excluding carboxylic acids is 6. The van der Waals surface area contributed by atoms with E-state index in [1.54, 1.807) is 39.1 Å². The number of anilines is 1. The molecule has 0 bridgehead atoms. The van der Waals surface area contributed by atoms with E-state index >= 15 is 0 Å². The quantitative estimate of drug-likeness (QED) is 0.0468. The van der Waals surface area contributed by atoms with Crippen LogP contribution in [0.15, 0.2) is 61.1 Å². The minimum absolute atomic E-state index is 0.0859. The number of aromatic amines is 1. The van der Waals surface area contributed by atoms with Crippen molar-refractivity contribution in [2.24, 2.45) is 11.7 Å². The number of rotatable bonds is 21. The molecule has 3 rings (SSSR count). The van der Waals surface area contributed by atoms with Gasteiger partial charge in [-0.2, -0.15) is 0 Å². The SMILES string of the molecule is CC[C@H](C)[C@H](NC(=O)CCCCNC(=O)C(Cc1c[nH]cn1)NC(=O)C(N)Cc1ccc(C(=O)OC(C)(C)C)c(N)c1)C(=O)NC(Cc1ccccc1)C(=O)OC. The van der Waals surface area contributed by atoms with Crippen molar-refractivity contribution in [1.29, 1.82) is 0 Å². The molecule has 3 unspecified atom stereocenters. The maximum atomic E-state index is 13.4. The molecule has 2 aromatic carbocycles. The molecule has 0 radical (unpaired) electrons. The number of nitrogens with two attached hydrogens (primary N) is 2. The summed E-state index contributed by atoms with van der Waals surface area (Å²) < 4.78 is 10.3. The molecule has 310 valence electrons. The lowest BCUT2D eigenvalue weighted by molar-refractivity contribution is -0.145. The number of aromatic nitrogens is 2. The van der Waals surface area contributed by atoms with Gasteiger partial charge in [0.05, 0.1) is 30.7 Å². The maximum absolute atomic E-state index is 13.4. The summed E-state index contributed by atoms with van der Waals surface area (Å²) >= 11 is 0. The predicted octanol–water partition coefficient (Wildman–Crippen LogP) is 2.26. The first kappa shape index (κ1) is 45.6. The third-order valence-corrected chi connectivity index (χ3v) is 9.15. The van der Waals surface area contributed by atoms with Crippen molar-refractivity contribution in [1.82, 2.24) is 31.2 Å². The monoisotopic (exact) mass is 790 g/mol. The summed E-state index contributed by atoms with van der Waals surface area (Å²) in [5, 5.41) is 11.1. The van der Waals surface area contributed by atoms with Crippen LogP contribution in [-0.4, -0.2) is 89.0 Å². The van der Waals surface area contributed by atoms with Gasteiger partial charge in [-0.05, 0) is 69.2 Å². The number of methoxy groups -OCH3 is 1. The van der Waals surface area contributed by atoms with E-state index in [1.807, 2.05) is 44.2 Å². The van der Waals surface area contributed by atoms with Crippen molar-refractivity contribution in [3.05, 3.63) is 83.4 Å². The molecule has 1 aromatic heterocycles. The number of nitrogen functional groups attached to an aromatic ring is 1. The fourth-order valence-corrected chi connectivity index (χ4v) is 5.84. The summed E-state index contributed by atoms with van der Waals surface area (Å²) in [4.78, 5) is 84.9. The molecule has 5 atom stereocenters. The number of esters is 2. The van der Waals surface area contributed by atoms with Crippen molar-refractivity contribution in [3.63, 3.8) is 0 Å². The van der Waals surface area contributed by atoms with Gasteiger partial charge in [0, 0.05) is 37.7 Å². The number of benzene rings is 2. The van der Waals surface area contributed by atoms with Gasteiger partial charge in [-0.25, -0.2) is 14.6 Å². The second-order valence-electron chi connectivity index (χ2n) is 15.0. The molecule has 0 aliphatic carbocycles. The number of carbonyl (C=O) groups is 6. The van der Waals surface area contributed by atoms with E-state index in [4.69, 9.17) is 20.9 Å². The zero-order valence-electron chi connectivity index (χ0n) is 33.7. The molecule has 4 amide bonds. The average Bonchev–Trinajstić information content (AvgIpc) is 3.68. The Hall–Kier alpha value is -5.77. The Kier molecular flexibility index (Phi) is 17.7. The number of nitrogens with one attached hydrogen (secondary N) is 5. The Balaban J connectivity index is 1.52. The highest BCUT2D eigenvalue weighted by atomic mass is 16.6. The lowest BCUT2D eigenvalue weighted by Gasteiger charge is -2.26. The second-order valence-corrected chi connectivity index (χ2v) is 15.0. The van der Waals surface area contributed by atoms with E-state index < -0.39 is 59.4 Å². The van der Waals surface area contributed by atoms with Crippen LogP contribution in [0, 0.1) is 5.92 Å². The zero-order chi connectivity index (χ0) is 42.1. The van der Waals surface area contributed by atoms with Crippen LogP contribution >= 0.6 is 0 Å². The highest BCUT2D eigenvalue weighted by Crippen LogP contribution is 2.20. The third kappa shape index (κ3) is 15.4. The molecule has 0 aliphatic heterocycles. The number of imidazole rings is 1. The molecule has 0 saturated carbocycles. The molecule has 3 aromatic rings. The summed E-state index contributed by atoms with van der Waals surface area (Å²) in [6, 6.07) is 10.1. The van der Waals surface area contributed by atoms with Crippen LogP contribution < -0.4 is 32.7 Å². The van der Waals surface area contributed by atoms with Crippen LogP contribution in [0.5, 0.6) is 0 Å². The normalized spacial score (nSPS) is 13.9. The van der Waals surface area contributed by atoms with Crippen molar-refractivity contribution < 1.29 is 38.2 Å². The number of hydrogen-bond donors (Lipinski definition) is 7. The standard InChI is InChI=1S/C41H58N8O8/c1-7-25(2)35(38(53)48-33(40(55)56-6)21-26-13-9-8-10-14-26)49-34(50)15-11-12-18-45-37(52)32(22-28-23-44-24-46-28)47-36(51)31(43)20-27-16-17-29(30(42)19-27)39(54)57-41(3,4)5/h8-10,13-14,16-17,19,23-25,31-33,35H,7,11-12,15,18,20-22,42-43H2,1-6H3,(H,44,46)(H,45,52)(H,47,51)(H,48,53)(H,49,50)/t25-,31?,32?,33?,35-/m0/s1. The van der Waals surface area contributed by atoms with E-state index in [-0.39, 0.29) is 55.3 Å². The molecular weight excluding hydrogens is 732 g/mol. The van der Waals surface area contributed by atoms with Gasteiger partial charge in [0.2, 0.25) is 23.6 Å². The van der Waals surface area contributed by atoms with E-state index in [2.05, 4.69) is 31.2 Å².